The van der Waals surface area contributed by atoms with Crippen LogP contribution in [0.25, 0.3) is 0 Å². The third-order valence-electron chi connectivity index (χ3n) is 2.54. The standard InChI is InChI=1S/C14H22.2CHNO/c1-13(2,3)11-9-7-8-10-12(11)14(4,5)6;2*2-1-3/h7-10H,1-6H3;2*2H. The van der Waals surface area contributed by atoms with E-state index in [0.717, 1.165) is 12.2 Å². The van der Waals surface area contributed by atoms with Gasteiger partial charge in [0.1, 0.15) is 0 Å². The molecule has 0 fully saturated rings. The lowest BCUT2D eigenvalue weighted by Gasteiger charge is -2.29. The Bertz CT molecular complexity index is 423. The smallest absolute Gasteiger partial charge is 0.222 e. The molecule has 0 saturated carbocycles. The quantitative estimate of drug-likeness (QED) is 0.553. The van der Waals surface area contributed by atoms with Crippen molar-refractivity contribution in [1.29, 1.82) is 10.8 Å². The molecule has 0 saturated heterocycles. The Kier molecular flexibility index (Phi) is 9.11. The highest BCUT2D eigenvalue weighted by Gasteiger charge is 2.23. The minimum absolute atomic E-state index is 0.240. The zero-order chi connectivity index (χ0) is 16.4. The van der Waals surface area contributed by atoms with Gasteiger partial charge in [-0.25, -0.2) is 20.4 Å². The summed E-state index contributed by atoms with van der Waals surface area (Å²) in [6.45, 7) is 13.7. The first-order valence-electron chi connectivity index (χ1n) is 6.24. The number of isocyanates is 2. The van der Waals surface area contributed by atoms with E-state index in [0.29, 0.717) is 0 Å². The highest BCUT2D eigenvalue weighted by atomic mass is 16.1. The summed E-state index contributed by atoms with van der Waals surface area (Å²) < 4.78 is 0. The van der Waals surface area contributed by atoms with Gasteiger partial charge in [-0.3, -0.25) is 0 Å². The number of hydrogen-bond donors (Lipinski definition) is 2. The van der Waals surface area contributed by atoms with Crippen LogP contribution in [0.15, 0.2) is 24.3 Å². The van der Waals surface area contributed by atoms with Gasteiger partial charge in [0.05, 0.1) is 0 Å². The van der Waals surface area contributed by atoms with Gasteiger partial charge in [-0.2, -0.15) is 0 Å². The Balaban J connectivity index is 0. The minimum Gasteiger partial charge on any atom is -0.222 e. The molecule has 0 aliphatic carbocycles. The van der Waals surface area contributed by atoms with Crippen molar-refractivity contribution in [2.24, 2.45) is 0 Å². The van der Waals surface area contributed by atoms with Crippen molar-refractivity contribution in [1.82, 2.24) is 0 Å². The highest BCUT2D eigenvalue weighted by molar-refractivity contribution is 5.37. The second-order valence-corrected chi connectivity index (χ2v) is 6.25. The van der Waals surface area contributed by atoms with E-state index in [1.165, 1.54) is 11.1 Å². The zero-order valence-corrected chi connectivity index (χ0v) is 13.1. The maximum atomic E-state index is 8.35. The first-order valence-corrected chi connectivity index (χ1v) is 6.24. The molecule has 0 heterocycles. The van der Waals surface area contributed by atoms with Gasteiger partial charge in [-0.05, 0) is 22.0 Å². The summed E-state index contributed by atoms with van der Waals surface area (Å²) in [4.78, 5) is 16.7. The van der Waals surface area contributed by atoms with Crippen molar-refractivity contribution in [3.63, 3.8) is 0 Å². The Labute approximate surface area is 121 Å². The molecule has 0 aliphatic heterocycles. The summed E-state index contributed by atoms with van der Waals surface area (Å²) in [7, 11) is 0. The summed E-state index contributed by atoms with van der Waals surface area (Å²) in [5.74, 6) is 0. The van der Waals surface area contributed by atoms with E-state index in [1.807, 2.05) is 0 Å². The molecule has 0 spiro atoms. The van der Waals surface area contributed by atoms with E-state index in [-0.39, 0.29) is 10.8 Å². The van der Waals surface area contributed by atoms with Gasteiger partial charge in [0.25, 0.3) is 0 Å². The van der Waals surface area contributed by atoms with Gasteiger partial charge < -0.3 is 0 Å². The molecule has 1 aromatic carbocycles. The molecule has 0 aromatic heterocycles. The van der Waals surface area contributed by atoms with Crippen LogP contribution in [0.3, 0.4) is 0 Å². The van der Waals surface area contributed by atoms with E-state index >= 15 is 0 Å². The van der Waals surface area contributed by atoms with Crippen molar-refractivity contribution < 1.29 is 9.59 Å². The normalized spacial score (nSPS) is 9.90. The van der Waals surface area contributed by atoms with E-state index in [9.17, 15) is 0 Å². The van der Waals surface area contributed by atoms with Crippen LogP contribution in [0.4, 0.5) is 0 Å². The maximum absolute atomic E-state index is 8.35. The van der Waals surface area contributed by atoms with Crippen LogP contribution < -0.4 is 0 Å². The van der Waals surface area contributed by atoms with E-state index < -0.39 is 0 Å². The molecule has 110 valence electrons. The van der Waals surface area contributed by atoms with E-state index in [2.05, 4.69) is 65.8 Å². The van der Waals surface area contributed by atoms with Gasteiger partial charge >= 0.3 is 0 Å². The van der Waals surface area contributed by atoms with E-state index in [1.54, 1.807) is 0 Å². The van der Waals surface area contributed by atoms with Gasteiger partial charge in [0, 0.05) is 0 Å². The average Bonchev–Trinajstić information content (AvgIpc) is 2.29. The fourth-order valence-electron chi connectivity index (χ4n) is 1.79. The monoisotopic (exact) mass is 276 g/mol. The molecule has 0 bridgehead atoms. The second-order valence-electron chi connectivity index (χ2n) is 6.25. The van der Waals surface area contributed by atoms with Gasteiger partial charge in [-0.1, -0.05) is 65.8 Å². The second kappa shape index (κ2) is 8.98. The number of hydrogen-bond acceptors (Lipinski definition) is 4. The molecule has 1 rings (SSSR count). The van der Waals surface area contributed by atoms with Crippen LogP contribution in [0.1, 0.15) is 52.7 Å². The third-order valence-corrected chi connectivity index (χ3v) is 2.54. The summed E-state index contributed by atoms with van der Waals surface area (Å²) in [6, 6.07) is 8.77. The third kappa shape index (κ3) is 8.15. The van der Waals surface area contributed by atoms with Gasteiger partial charge in [-0.15, -0.1) is 0 Å². The number of nitrogens with one attached hydrogen (secondary N) is 2. The summed E-state index contributed by atoms with van der Waals surface area (Å²) in [5, 5.41) is 10.8. The Morgan fingerprint density at radius 2 is 0.950 bits per heavy atom. The van der Waals surface area contributed by atoms with Crippen molar-refractivity contribution in [3.8, 4) is 0 Å². The van der Waals surface area contributed by atoms with Gasteiger partial charge in [0.15, 0.2) is 0 Å². The lowest BCUT2D eigenvalue weighted by molar-refractivity contribution is 0.530. The largest absolute Gasteiger partial charge is 0.231 e. The Hall–Kier alpha value is -2.02. The maximum Gasteiger partial charge on any atom is 0.231 e. The molecule has 20 heavy (non-hydrogen) atoms. The summed E-state index contributed by atoms with van der Waals surface area (Å²) in [6.07, 6.45) is 1.50. The molecular weight excluding hydrogens is 252 g/mol. The van der Waals surface area contributed by atoms with Crippen LogP contribution >= 0.6 is 0 Å². The van der Waals surface area contributed by atoms with Gasteiger partial charge in [0.2, 0.25) is 12.2 Å². The fraction of sp³-hybridized carbons (Fsp3) is 0.500. The lowest BCUT2D eigenvalue weighted by atomic mass is 9.75. The van der Waals surface area contributed by atoms with Crippen molar-refractivity contribution in [3.05, 3.63) is 35.4 Å². The Morgan fingerprint density at radius 3 is 1.10 bits per heavy atom. The topological polar surface area (TPSA) is 81.8 Å². The van der Waals surface area contributed by atoms with Crippen LogP contribution in [0.2, 0.25) is 0 Å². The van der Waals surface area contributed by atoms with Crippen LogP contribution in [-0.2, 0) is 20.4 Å². The first-order chi connectivity index (χ1) is 9.06. The number of benzene rings is 1. The average molecular weight is 276 g/mol. The molecule has 2 N–H and O–H groups in total. The molecular formula is C16H24N2O2. The lowest BCUT2D eigenvalue weighted by Crippen LogP contribution is -2.21. The molecule has 0 atom stereocenters. The number of carbonyl (C=O) groups excluding carboxylic acids is 2. The predicted octanol–water partition coefficient (Wildman–Crippen LogP) is 4.08. The van der Waals surface area contributed by atoms with E-state index in [4.69, 9.17) is 20.4 Å². The molecule has 0 unspecified atom stereocenters. The highest BCUT2D eigenvalue weighted by Crippen LogP contribution is 2.33. The molecule has 0 amide bonds. The molecule has 0 radical (unpaired) electrons. The fourth-order valence-corrected chi connectivity index (χ4v) is 1.79. The van der Waals surface area contributed by atoms with Crippen LogP contribution in [-0.4, -0.2) is 12.2 Å². The molecule has 4 heteroatoms. The molecule has 1 aromatic rings. The van der Waals surface area contributed by atoms with Crippen molar-refractivity contribution in [2.45, 2.75) is 52.4 Å². The van der Waals surface area contributed by atoms with Crippen molar-refractivity contribution >= 4 is 12.2 Å². The van der Waals surface area contributed by atoms with Crippen molar-refractivity contribution in [2.75, 3.05) is 0 Å². The predicted molar refractivity (Wildman–Crippen MR) is 80.7 cm³/mol. The Morgan fingerprint density at radius 1 is 0.750 bits per heavy atom. The van der Waals surface area contributed by atoms with Crippen LogP contribution in [0, 0.1) is 10.8 Å². The summed E-state index contributed by atoms with van der Waals surface area (Å²) >= 11 is 0. The van der Waals surface area contributed by atoms with Crippen LogP contribution in [0.5, 0.6) is 0 Å². The summed E-state index contributed by atoms with van der Waals surface area (Å²) in [5.41, 5.74) is 3.41. The molecule has 0 aliphatic rings. The zero-order valence-electron chi connectivity index (χ0n) is 13.1. The minimum atomic E-state index is 0.240. The number of rotatable bonds is 0. The SMILES string of the molecule is CC(C)(C)c1ccccc1C(C)(C)C.N=C=O.N=C=O. The molecule has 4 nitrogen and oxygen atoms in total. The first kappa shape index (κ1) is 20.3.